The van der Waals surface area contributed by atoms with E-state index in [0.29, 0.717) is 19.6 Å². The van der Waals surface area contributed by atoms with Crippen LogP contribution in [0.1, 0.15) is 67.7 Å². The minimum atomic E-state index is -1.30. The van der Waals surface area contributed by atoms with Crippen molar-refractivity contribution in [3.63, 3.8) is 0 Å². The predicted molar refractivity (Wildman–Crippen MR) is 122 cm³/mol. The number of nitrogens with zero attached hydrogens (tertiary/aromatic N) is 1. The highest BCUT2D eigenvalue weighted by atomic mass is 28.3. The van der Waals surface area contributed by atoms with E-state index >= 15 is 0 Å². The minimum Gasteiger partial charge on any atom is -0.450 e. The number of aliphatic hydroxyl groups excluding tert-OH is 1. The Morgan fingerprint density at radius 3 is 2.32 bits per heavy atom. The molecule has 181 valence electrons. The molecule has 3 atom stereocenters. The van der Waals surface area contributed by atoms with Crippen molar-refractivity contribution in [2.75, 3.05) is 19.7 Å². The number of hydrogen-bond acceptors (Lipinski definition) is 6. The molecule has 0 saturated carbocycles. The molecular weight excluding hydrogens is 416 g/mol. The summed E-state index contributed by atoms with van der Waals surface area (Å²) in [6.07, 6.45) is -0.0863. The molecule has 0 aromatic rings. The highest BCUT2D eigenvalue weighted by Crippen LogP contribution is 2.45. The van der Waals surface area contributed by atoms with Crippen molar-refractivity contribution in [1.29, 1.82) is 0 Å². The van der Waals surface area contributed by atoms with Crippen LogP contribution < -0.4 is 5.32 Å². The third-order valence-corrected chi connectivity index (χ3v) is 6.07. The van der Waals surface area contributed by atoms with E-state index in [-0.39, 0.29) is 17.9 Å². The van der Waals surface area contributed by atoms with Gasteiger partial charge in [0.05, 0.1) is 13.2 Å². The number of aliphatic hydroxyl groups is 1. The van der Waals surface area contributed by atoms with E-state index in [1.54, 1.807) is 0 Å². The molecule has 0 aliphatic carbocycles. The second kappa shape index (κ2) is 11.0. The number of carbonyl (C=O) groups is 2. The van der Waals surface area contributed by atoms with E-state index in [2.05, 4.69) is 26.1 Å². The van der Waals surface area contributed by atoms with Gasteiger partial charge in [0.1, 0.15) is 11.7 Å². The van der Waals surface area contributed by atoms with Gasteiger partial charge < -0.3 is 24.3 Å². The molecule has 1 saturated heterocycles. The summed E-state index contributed by atoms with van der Waals surface area (Å²) in [6.45, 7) is 18.3. The maximum absolute atomic E-state index is 13.2. The summed E-state index contributed by atoms with van der Waals surface area (Å²) < 4.78 is 17.1. The smallest absolute Gasteiger partial charge is 0.412 e. The van der Waals surface area contributed by atoms with Crippen molar-refractivity contribution in [1.82, 2.24) is 10.2 Å². The minimum absolute atomic E-state index is 0.0870. The first kappa shape index (κ1) is 27.7. The Kier molecular flexibility index (Phi) is 9.84. The average Bonchev–Trinajstić information content (AvgIpc) is 2.98. The quantitative estimate of drug-likeness (QED) is 0.418. The zero-order valence-electron chi connectivity index (χ0n) is 20.8. The number of alkyl carbamates (subject to hydrolysis) is 1. The van der Waals surface area contributed by atoms with Crippen LogP contribution in [-0.4, -0.2) is 68.4 Å². The van der Waals surface area contributed by atoms with Gasteiger partial charge in [0.15, 0.2) is 5.72 Å². The summed E-state index contributed by atoms with van der Waals surface area (Å²) in [6, 6.07) is 0. The molecule has 2 N–H and O–H groups in total. The van der Waals surface area contributed by atoms with Gasteiger partial charge in [-0.1, -0.05) is 34.1 Å². The van der Waals surface area contributed by atoms with Gasteiger partial charge in [0.2, 0.25) is 9.04 Å². The third-order valence-electron chi connectivity index (χ3n) is 5.31. The molecule has 31 heavy (non-hydrogen) atoms. The first-order valence-corrected chi connectivity index (χ1v) is 13.6. The molecule has 0 bridgehead atoms. The van der Waals surface area contributed by atoms with Crippen LogP contribution in [0.4, 0.5) is 9.59 Å². The number of rotatable bonds is 8. The maximum Gasteiger partial charge on any atom is 0.412 e. The number of likely N-dealkylation sites (tertiary alicyclic amines) is 1. The highest BCUT2D eigenvalue weighted by Gasteiger charge is 2.57. The molecule has 1 radical (unpaired) electrons. The van der Waals surface area contributed by atoms with Crippen molar-refractivity contribution in [2.45, 2.75) is 98.3 Å². The third kappa shape index (κ3) is 8.27. The van der Waals surface area contributed by atoms with E-state index in [9.17, 15) is 14.7 Å². The molecule has 1 aliphatic rings. The summed E-state index contributed by atoms with van der Waals surface area (Å²) in [5, 5.41) is 13.9. The lowest BCUT2D eigenvalue weighted by molar-refractivity contribution is -0.136. The summed E-state index contributed by atoms with van der Waals surface area (Å²) >= 11 is 0. The average molecular weight is 460 g/mol. The summed E-state index contributed by atoms with van der Waals surface area (Å²) in [5.74, 6) is 0.0903. The van der Waals surface area contributed by atoms with Gasteiger partial charge in [-0.25, -0.2) is 9.59 Å². The Hall–Kier alpha value is -1.32. The fourth-order valence-corrected chi connectivity index (χ4v) is 4.60. The Bertz CT molecular complexity index is 602. The number of carbonyl (C=O) groups excluding carboxylic acids is 2. The number of unbranched alkanes of at least 4 members (excludes halogenated alkanes) is 1. The van der Waals surface area contributed by atoms with Gasteiger partial charge in [-0.3, -0.25) is 4.90 Å². The summed E-state index contributed by atoms with van der Waals surface area (Å²) in [7, 11) is -1.30. The van der Waals surface area contributed by atoms with E-state index in [1.807, 2.05) is 40.8 Å². The topological polar surface area (TPSA) is 97.3 Å². The second-order valence-corrected chi connectivity index (χ2v) is 12.6. The van der Waals surface area contributed by atoms with E-state index < -0.39 is 38.7 Å². The van der Waals surface area contributed by atoms with Crippen LogP contribution >= 0.6 is 0 Å². The van der Waals surface area contributed by atoms with Crippen molar-refractivity contribution >= 4 is 21.2 Å². The number of ether oxygens (including phenoxy) is 2. The summed E-state index contributed by atoms with van der Waals surface area (Å²) in [4.78, 5) is 26.7. The SMILES string of the molecule is CCCCOC(=O)NCC(O)[C@@]1(O[Si](C)C)C[C@H](C(C)(C)C)CN1C(=O)OC(C)(C)C. The lowest BCUT2D eigenvalue weighted by atomic mass is 9.78. The van der Waals surface area contributed by atoms with Crippen molar-refractivity contribution in [3.8, 4) is 0 Å². The van der Waals surface area contributed by atoms with Gasteiger partial charge in [0, 0.05) is 13.0 Å². The van der Waals surface area contributed by atoms with Crippen LogP contribution in [0.3, 0.4) is 0 Å². The molecule has 0 spiro atoms. The van der Waals surface area contributed by atoms with E-state index in [4.69, 9.17) is 13.9 Å². The molecule has 1 unspecified atom stereocenters. The van der Waals surface area contributed by atoms with Gasteiger partial charge >= 0.3 is 12.2 Å². The van der Waals surface area contributed by atoms with Gasteiger partial charge in [-0.2, -0.15) is 0 Å². The Labute approximate surface area is 189 Å². The Morgan fingerprint density at radius 1 is 1.23 bits per heavy atom. The molecule has 0 aromatic heterocycles. The Morgan fingerprint density at radius 2 is 1.84 bits per heavy atom. The molecule has 1 fully saturated rings. The van der Waals surface area contributed by atoms with Gasteiger partial charge in [-0.15, -0.1) is 0 Å². The van der Waals surface area contributed by atoms with Crippen LogP contribution in [0.5, 0.6) is 0 Å². The molecule has 1 heterocycles. The summed E-state index contributed by atoms with van der Waals surface area (Å²) in [5.41, 5.74) is -2.05. The molecule has 8 nitrogen and oxygen atoms in total. The maximum atomic E-state index is 13.2. The largest absolute Gasteiger partial charge is 0.450 e. The molecular formula is C22H43N2O6Si. The molecule has 1 rings (SSSR count). The van der Waals surface area contributed by atoms with E-state index in [1.165, 1.54) is 4.90 Å². The zero-order valence-corrected chi connectivity index (χ0v) is 21.8. The number of hydrogen-bond donors (Lipinski definition) is 2. The predicted octanol–water partition coefficient (Wildman–Crippen LogP) is 4.14. The van der Waals surface area contributed by atoms with Crippen molar-refractivity contribution < 1.29 is 28.6 Å². The zero-order chi connectivity index (χ0) is 24.0. The van der Waals surface area contributed by atoms with Crippen LogP contribution in [0.2, 0.25) is 13.1 Å². The number of nitrogens with one attached hydrogen (secondary N) is 1. The van der Waals surface area contributed by atoms with Crippen LogP contribution in [0.25, 0.3) is 0 Å². The lowest BCUT2D eigenvalue weighted by Crippen LogP contribution is -2.61. The van der Waals surface area contributed by atoms with Gasteiger partial charge in [-0.05, 0) is 51.6 Å². The van der Waals surface area contributed by atoms with E-state index in [0.717, 1.165) is 12.8 Å². The highest BCUT2D eigenvalue weighted by molar-refractivity contribution is 6.48. The van der Waals surface area contributed by atoms with Crippen LogP contribution in [0, 0.1) is 11.3 Å². The van der Waals surface area contributed by atoms with Crippen molar-refractivity contribution in [2.24, 2.45) is 11.3 Å². The fraction of sp³-hybridized carbons (Fsp3) is 0.909. The molecule has 9 heteroatoms. The normalized spacial score (nSPS) is 23.1. The Balaban J connectivity index is 3.15. The lowest BCUT2D eigenvalue weighted by Gasteiger charge is -2.43. The monoisotopic (exact) mass is 459 g/mol. The fourth-order valence-electron chi connectivity index (χ4n) is 3.56. The molecule has 2 amide bonds. The molecule has 1 aliphatic heterocycles. The first-order valence-electron chi connectivity index (χ1n) is 11.2. The first-order chi connectivity index (χ1) is 14.1. The van der Waals surface area contributed by atoms with Crippen molar-refractivity contribution in [3.05, 3.63) is 0 Å². The molecule has 0 aromatic carbocycles. The van der Waals surface area contributed by atoms with Gasteiger partial charge in [0.25, 0.3) is 0 Å². The van der Waals surface area contributed by atoms with Crippen LogP contribution in [-0.2, 0) is 13.9 Å². The number of amides is 2. The standard InChI is InChI=1S/C22H43N2O6Si/c1-10-11-12-28-18(26)23-14-17(25)22(30-31(8)9)13-16(20(2,3)4)15-24(22)19(27)29-21(5,6)7/h16-17,25H,10-15H2,1-9H3,(H,23,26)/t16-,17?,22-/m0/s1. The second-order valence-electron chi connectivity index (χ2n) is 10.6. The van der Waals surface area contributed by atoms with Crippen LogP contribution in [0.15, 0.2) is 0 Å².